The second kappa shape index (κ2) is 12.7. The molecule has 4 N–H and O–H groups in total. The number of hydrogen-bond acceptors (Lipinski definition) is 8. The van der Waals surface area contributed by atoms with Gasteiger partial charge in [-0.1, -0.05) is 24.3 Å². The number of nitrogens with one attached hydrogen (secondary N) is 3. The molecule has 9 heteroatoms. The number of rotatable bonds is 11. The van der Waals surface area contributed by atoms with Gasteiger partial charge < -0.3 is 14.8 Å². The van der Waals surface area contributed by atoms with Gasteiger partial charge in [-0.05, 0) is 87.2 Å². The lowest BCUT2D eigenvalue weighted by Gasteiger charge is -2.25. The van der Waals surface area contributed by atoms with E-state index in [0.29, 0.717) is 18.0 Å². The Morgan fingerprint density at radius 3 is 2.42 bits per heavy atom. The monoisotopic (exact) mass is 539 g/mol. The van der Waals surface area contributed by atoms with Gasteiger partial charge in [0.15, 0.2) is 0 Å². The van der Waals surface area contributed by atoms with E-state index in [1.165, 1.54) is 11.3 Å². The van der Waals surface area contributed by atoms with Crippen LogP contribution < -0.4 is 16.1 Å². The Morgan fingerprint density at radius 2 is 1.74 bits per heavy atom. The molecule has 1 saturated carbocycles. The number of hydroxylamine groups is 1. The van der Waals surface area contributed by atoms with Crippen molar-refractivity contribution in [1.29, 1.82) is 0 Å². The Hall–Kier alpha value is -2.98. The lowest BCUT2D eigenvalue weighted by molar-refractivity contribution is -0.154. The molecule has 1 atom stereocenters. The molecular formula is C29H37N3O5S. The average Bonchev–Trinajstić information content (AvgIpc) is 3.56. The molecule has 0 spiro atoms. The topological polar surface area (TPSA) is 109 Å². The van der Waals surface area contributed by atoms with Gasteiger partial charge in [0.2, 0.25) is 0 Å². The van der Waals surface area contributed by atoms with Crippen molar-refractivity contribution in [2.24, 2.45) is 0 Å². The summed E-state index contributed by atoms with van der Waals surface area (Å²) in [4.78, 5) is 25.0. The molecule has 1 amide bonds. The molecule has 1 aliphatic carbocycles. The number of carbonyl (C=O) groups excluding carboxylic acids is 2. The predicted molar refractivity (Wildman–Crippen MR) is 150 cm³/mol. The molecule has 38 heavy (non-hydrogen) atoms. The van der Waals surface area contributed by atoms with E-state index >= 15 is 0 Å². The molecule has 3 aromatic rings. The highest BCUT2D eigenvalue weighted by molar-refractivity contribution is 7.20. The maximum absolute atomic E-state index is 12.8. The highest BCUT2D eigenvalue weighted by atomic mass is 32.1. The predicted octanol–water partition coefficient (Wildman–Crippen LogP) is 5.39. The fraction of sp³-hybridized carbons (Fsp3) is 0.448. The van der Waals surface area contributed by atoms with E-state index in [-0.39, 0.29) is 24.3 Å². The maximum atomic E-state index is 12.8. The zero-order chi connectivity index (χ0) is 27.1. The van der Waals surface area contributed by atoms with Crippen LogP contribution in [-0.4, -0.2) is 41.4 Å². The van der Waals surface area contributed by atoms with Gasteiger partial charge in [-0.2, -0.15) is 0 Å². The third-order valence-corrected chi connectivity index (χ3v) is 7.56. The van der Waals surface area contributed by atoms with E-state index in [4.69, 9.17) is 14.7 Å². The van der Waals surface area contributed by atoms with E-state index in [2.05, 4.69) is 10.6 Å². The first-order chi connectivity index (χ1) is 18.2. The molecule has 1 unspecified atom stereocenters. The van der Waals surface area contributed by atoms with Crippen molar-refractivity contribution in [3.8, 4) is 0 Å². The van der Waals surface area contributed by atoms with Gasteiger partial charge >= 0.3 is 5.97 Å². The zero-order valence-electron chi connectivity index (χ0n) is 22.2. The largest absolute Gasteiger partial charge is 0.461 e. The van der Waals surface area contributed by atoms with Crippen LogP contribution in [0.2, 0.25) is 0 Å². The third kappa shape index (κ3) is 8.01. The molecule has 1 fully saturated rings. The van der Waals surface area contributed by atoms with Crippen LogP contribution >= 0.6 is 11.3 Å². The van der Waals surface area contributed by atoms with Gasteiger partial charge in [0.1, 0.15) is 12.1 Å². The lowest BCUT2D eigenvalue weighted by Crippen LogP contribution is -2.44. The number of anilines is 1. The van der Waals surface area contributed by atoms with Crippen molar-refractivity contribution in [2.45, 2.75) is 77.3 Å². The number of carbonyl (C=O) groups is 2. The Labute approximate surface area is 227 Å². The zero-order valence-corrected chi connectivity index (χ0v) is 23.0. The van der Waals surface area contributed by atoms with Gasteiger partial charge in [-0.3, -0.25) is 20.1 Å². The first-order valence-electron chi connectivity index (χ1n) is 13.1. The minimum atomic E-state index is -0.524. The smallest absolute Gasteiger partial charge is 0.325 e. The molecule has 1 heterocycles. The highest BCUT2D eigenvalue weighted by Gasteiger charge is 2.27. The first kappa shape index (κ1) is 28.0. The summed E-state index contributed by atoms with van der Waals surface area (Å²) < 4.78 is 12.6. The summed E-state index contributed by atoms with van der Waals surface area (Å²) >= 11 is 1.34. The molecule has 4 rings (SSSR count). The molecule has 0 radical (unpaired) electrons. The highest BCUT2D eigenvalue weighted by Crippen LogP contribution is 2.27. The molecule has 0 aliphatic heterocycles. The molecule has 1 aliphatic rings. The van der Waals surface area contributed by atoms with Crippen LogP contribution in [-0.2, 0) is 27.4 Å². The van der Waals surface area contributed by atoms with E-state index in [9.17, 15) is 9.59 Å². The van der Waals surface area contributed by atoms with Crippen molar-refractivity contribution < 1.29 is 24.3 Å². The van der Waals surface area contributed by atoms with E-state index in [0.717, 1.165) is 52.6 Å². The van der Waals surface area contributed by atoms with Crippen molar-refractivity contribution in [3.63, 3.8) is 0 Å². The normalized spacial score (nSPS) is 14.9. The summed E-state index contributed by atoms with van der Waals surface area (Å²) in [6, 6.07) is 15.4. The Morgan fingerprint density at radius 1 is 1.03 bits per heavy atom. The summed E-state index contributed by atoms with van der Waals surface area (Å²) in [7, 11) is 0. The SMILES string of the molecule is CC(C)(C)OCC(NCc1ccc(NCc2ccc3cc(C(=O)NO)sc3c2)cc1)C(=O)OC1CCCC1. The molecule has 0 saturated heterocycles. The molecular weight excluding hydrogens is 502 g/mol. The summed E-state index contributed by atoms with van der Waals surface area (Å²) in [5, 5.41) is 16.6. The molecule has 1 aromatic heterocycles. The Kier molecular flexibility index (Phi) is 9.38. The van der Waals surface area contributed by atoms with Crippen LogP contribution in [0, 0.1) is 0 Å². The third-order valence-electron chi connectivity index (χ3n) is 6.47. The van der Waals surface area contributed by atoms with Crippen molar-refractivity contribution in [1.82, 2.24) is 10.8 Å². The minimum absolute atomic E-state index is 0.0226. The van der Waals surface area contributed by atoms with Crippen LogP contribution in [0.4, 0.5) is 5.69 Å². The number of ether oxygens (including phenoxy) is 2. The average molecular weight is 540 g/mol. The van der Waals surface area contributed by atoms with E-state index in [1.54, 1.807) is 11.5 Å². The van der Waals surface area contributed by atoms with Crippen LogP contribution in [0.25, 0.3) is 10.1 Å². The minimum Gasteiger partial charge on any atom is -0.461 e. The number of amides is 1. The molecule has 0 bridgehead atoms. The van der Waals surface area contributed by atoms with Crippen LogP contribution in [0.5, 0.6) is 0 Å². The summed E-state index contributed by atoms with van der Waals surface area (Å²) in [5.74, 6) is -0.745. The van der Waals surface area contributed by atoms with Crippen molar-refractivity contribution >= 4 is 39.0 Å². The van der Waals surface area contributed by atoms with Crippen molar-refractivity contribution in [2.75, 3.05) is 11.9 Å². The van der Waals surface area contributed by atoms with E-state index < -0.39 is 11.9 Å². The number of thiophene rings is 1. The number of esters is 1. The van der Waals surface area contributed by atoms with Crippen molar-refractivity contribution in [3.05, 3.63) is 64.5 Å². The molecule has 2 aromatic carbocycles. The summed E-state index contributed by atoms with van der Waals surface area (Å²) in [6.45, 7) is 7.34. The van der Waals surface area contributed by atoms with Crippen LogP contribution in [0.1, 0.15) is 67.3 Å². The summed E-state index contributed by atoms with van der Waals surface area (Å²) in [6.07, 6.45) is 4.13. The number of hydrogen-bond donors (Lipinski definition) is 4. The van der Waals surface area contributed by atoms with Crippen LogP contribution in [0.3, 0.4) is 0 Å². The lowest BCUT2D eigenvalue weighted by atomic mass is 10.1. The van der Waals surface area contributed by atoms with Gasteiger partial charge in [-0.15, -0.1) is 11.3 Å². The standard InChI is InChI=1S/C29H37N3O5S/c1-29(2,3)36-18-24(28(34)37-23-6-4-5-7-23)31-16-19-9-12-22(13-10-19)30-17-20-8-11-21-15-26(27(33)32-35)38-25(21)14-20/h8-15,23-24,30-31,35H,4-7,16-18H2,1-3H3,(H,32,33). The Balaban J connectivity index is 1.31. The van der Waals surface area contributed by atoms with Crippen LogP contribution in [0.15, 0.2) is 48.5 Å². The Bertz CT molecular complexity index is 1230. The first-order valence-corrected chi connectivity index (χ1v) is 13.9. The second-order valence-electron chi connectivity index (χ2n) is 10.7. The van der Waals surface area contributed by atoms with Gasteiger partial charge in [0, 0.05) is 23.5 Å². The molecule has 204 valence electrons. The fourth-order valence-electron chi connectivity index (χ4n) is 4.33. The van der Waals surface area contributed by atoms with E-state index in [1.807, 2.05) is 63.2 Å². The van der Waals surface area contributed by atoms with Gasteiger partial charge in [0.05, 0.1) is 17.1 Å². The van der Waals surface area contributed by atoms with Gasteiger partial charge in [0.25, 0.3) is 5.91 Å². The fourth-order valence-corrected chi connectivity index (χ4v) is 5.35. The molecule has 8 nitrogen and oxygen atoms in total. The maximum Gasteiger partial charge on any atom is 0.325 e. The summed E-state index contributed by atoms with van der Waals surface area (Å²) in [5.41, 5.74) is 4.46. The second-order valence-corrected chi connectivity index (χ2v) is 11.8. The number of fused-ring (bicyclic) bond motifs is 1. The number of benzene rings is 2. The van der Waals surface area contributed by atoms with Gasteiger partial charge in [-0.25, -0.2) is 5.48 Å². The quantitative estimate of drug-likeness (QED) is 0.147.